The normalized spacial score (nSPS) is 10.9. The molecule has 0 aromatic carbocycles. The third-order valence-electron chi connectivity index (χ3n) is 1.78. The Morgan fingerprint density at radius 2 is 2.36 bits per heavy atom. The number of ketones is 1. The van der Waals surface area contributed by atoms with Gasteiger partial charge in [0, 0.05) is 12.3 Å². The van der Waals surface area contributed by atoms with Crippen LogP contribution in [0.1, 0.15) is 25.0 Å². The molecule has 0 aliphatic rings. The molecule has 0 aliphatic carbocycles. The second kappa shape index (κ2) is 6.44. The van der Waals surface area contributed by atoms with Crippen molar-refractivity contribution < 1.29 is 9.21 Å². The van der Waals surface area contributed by atoms with E-state index in [1.807, 2.05) is 6.07 Å². The van der Waals surface area contributed by atoms with Crippen molar-refractivity contribution in [1.82, 2.24) is 0 Å². The van der Waals surface area contributed by atoms with Crippen molar-refractivity contribution in [1.29, 1.82) is 0 Å². The van der Waals surface area contributed by atoms with E-state index in [0.29, 0.717) is 18.1 Å². The van der Waals surface area contributed by atoms with Gasteiger partial charge in [0.25, 0.3) is 0 Å². The molecule has 0 atom stereocenters. The van der Waals surface area contributed by atoms with Gasteiger partial charge in [0.15, 0.2) is 5.78 Å². The predicted molar refractivity (Wildman–Crippen MR) is 57.3 cm³/mol. The summed E-state index contributed by atoms with van der Waals surface area (Å²) in [4.78, 5) is 11.2. The smallest absolute Gasteiger partial charge is 0.155 e. The number of alkyl halides is 1. The maximum atomic E-state index is 11.2. The van der Waals surface area contributed by atoms with Crippen LogP contribution in [-0.2, 0) is 4.79 Å². The fraction of sp³-hybridized carbons (Fsp3) is 0.364. The molecular formula is C11H13ClO2. The minimum absolute atomic E-state index is 0.117. The van der Waals surface area contributed by atoms with Gasteiger partial charge in [-0.1, -0.05) is 0 Å². The van der Waals surface area contributed by atoms with Crippen LogP contribution >= 0.6 is 11.6 Å². The van der Waals surface area contributed by atoms with Gasteiger partial charge in [0.1, 0.15) is 5.76 Å². The number of hydrogen-bond acceptors (Lipinski definition) is 2. The molecule has 0 bridgehead atoms. The molecule has 0 aliphatic heterocycles. The minimum atomic E-state index is 0.117. The SMILES string of the molecule is O=C(C=Cc1ccco1)CCCCCl. The highest BCUT2D eigenvalue weighted by Crippen LogP contribution is 2.04. The summed E-state index contributed by atoms with van der Waals surface area (Å²) in [5.41, 5.74) is 0. The molecule has 76 valence electrons. The van der Waals surface area contributed by atoms with E-state index in [1.54, 1.807) is 24.5 Å². The highest BCUT2D eigenvalue weighted by molar-refractivity contribution is 6.17. The van der Waals surface area contributed by atoms with Crippen molar-refractivity contribution in [2.24, 2.45) is 0 Å². The van der Waals surface area contributed by atoms with E-state index < -0.39 is 0 Å². The van der Waals surface area contributed by atoms with E-state index >= 15 is 0 Å². The Morgan fingerprint density at radius 1 is 1.50 bits per heavy atom. The van der Waals surface area contributed by atoms with E-state index in [9.17, 15) is 4.79 Å². The van der Waals surface area contributed by atoms with Gasteiger partial charge < -0.3 is 4.42 Å². The van der Waals surface area contributed by atoms with Crippen LogP contribution in [0.15, 0.2) is 28.9 Å². The number of halogens is 1. The molecule has 14 heavy (non-hydrogen) atoms. The van der Waals surface area contributed by atoms with Crippen molar-refractivity contribution in [2.45, 2.75) is 19.3 Å². The summed E-state index contributed by atoms with van der Waals surface area (Å²) >= 11 is 5.50. The van der Waals surface area contributed by atoms with Crippen molar-refractivity contribution in [3.05, 3.63) is 30.2 Å². The highest BCUT2D eigenvalue weighted by Gasteiger charge is 1.96. The lowest BCUT2D eigenvalue weighted by atomic mass is 10.2. The van der Waals surface area contributed by atoms with E-state index in [4.69, 9.17) is 16.0 Å². The van der Waals surface area contributed by atoms with Crippen molar-refractivity contribution in [3.63, 3.8) is 0 Å². The van der Waals surface area contributed by atoms with Gasteiger partial charge in [-0.2, -0.15) is 0 Å². The van der Waals surface area contributed by atoms with Crippen LogP contribution in [0.4, 0.5) is 0 Å². The summed E-state index contributed by atoms with van der Waals surface area (Å²) in [5, 5.41) is 0. The van der Waals surface area contributed by atoms with Gasteiger partial charge in [-0.15, -0.1) is 11.6 Å². The van der Waals surface area contributed by atoms with Crippen molar-refractivity contribution >= 4 is 23.5 Å². The molecule has 0 saturated carbocycles. The highest BCUT2D eigenvalue weighted by atomic mass is 35.5. The summed E-state index contributed by atoms with van der Waals surface area (Å²) in [6, 6.07) is 3.60. The van der Waals surface area contributed by atoms with Crippen molar-refractivity contribution in [3.8, 4) is 0 Å². The molecule has 0 fully saturated rings. The number of allylic oxidation sites excluding steroid dienone is 1. The topological polar surface area (TPSA) is 30.2 Å². The summed E-state index contributed by atoms with van der Waals surface area (Å²) in [6.07, 6.45) is 7.12. The maximum absolute atomic E-state index is 11.2. The zero-order valence-corrected chi connectivity index (χ0v) is 8.67. The molecule has 0 saturated heterocycles. The summed E-state index contributed by atoms with van der Waals surface area (Å²) < 4.78 is 5.05. The first-order chi connectivity index (χ1) is 6.83. The lowest BCUT2D eigenvalue weighted by Crippen LogP contribution is -1.92. The number of unbranched alkanes of at least 4 members (excludes halogenated alkanes) is 1. The van der Waals surface area contributed by atoms with Gasteiger partial charge in [0.2, 0.25) is 0 Å². The van der Waals surface area contributed by atoms with Gasteiger partial charge >= 0.3 is 0 Å². The van der Waals surface area contributed by atoms with E-state index in [1.165, 1.54) is 0 Å². The van der Waals surface area contributed by atoms with Gasteiger partial charge in [-0.05, 0) is 37.1 Å². The summed E-state index contributed by atoms with van der Waals surface area (Å²) in [7, 11) is 0. The Morgan fingerprint density at radius 3 is 3.00 bits per heavy atom. The van der Waals surface area contributed by atoms with Crippen LogP contribution in [0.25, 0.3) is 6.08 Å². The molecule has 0 N–H and O–H groups in total. The number of hydrogen-bond donors (Lipinski definition) is 0. The monoisotopic (exact) mass is 212 g/mol. The molecule has 1 aromatic heterocycles. The summed E-state index contributed by atoms with van der Waals surface area (Å²) in [5.74, 6) is 1.44. The molecule has 0 radical (unpaired) electrons. The fourth-order valence-electron chi connectivity index (χ4n) is 1.04. The molecule has 0 amide bonds. The average Bonchev–Trinajstić information content (AvgIpc) is 2.68. The molecule has 0 spiro atoms. The minimum Gasteiger partial charge on any atom is -0.465 e. The number of carbonyl (C=O) groups excluding carboxylic acids is 1. The zero-order valence-electron chi connectivity index (χ0n) is 7.91. The van der Waals surface area contributed by atoms with Crippen LogP contribution < -0.4 is 0 Å². The third-order valence-corrected chi connectivity index (χ3v) is 2.05. The Bertz CT molecular complexity index is 288. The Kier molecular flexibility index (Phi) is 5.08. The lowest BCUT2D eigenvalue weighted by molar-refractivity contribution is -0.114. The molecule has 1 rings (SSSR count). The molecule has 3 heteroatoms. The Hall–Kier alpha value is -1.02. The number of carbonyl (C=O) groups is 1. The molecule has 1 heterocycles. The first-order valence-electron chi connectivity index (χ1n) is 4.63. The standard InChI is InChI=1S/C11H13ClO2/c12-8-2-1-4-10(13)6-7-11-5-3-9-14-11/h3,5-7,9H,1-2,4,8H2. The van der Waals surface area contributed by atoms with Crippen LogP contribution in [0, 0.1) is 0 Å². The van der Waals surface area contributed by atoms with E-state index in [-0.39, 0.29) is 5.78 Å². The van der Waals surface area contributed by atoms with Crippen LogP contribution in [-0.4, -0.2) is 11.7 Å². The predicted octanol–water partition coefficient (Wildman–Crippen LogP) is 3.27. The average molecular weight is 213 g/mol. The molecule has 1 aromatic rings. The molecule has 0 unspecified atom stereocenters. The fourth-order valence-corrected chi connectivity index (χ4v) is 1.23. The first-order valence-corrected chi connectivity index (χ1v) is 5.17. The van der Waals surface area contributed by atoms with Gasteiger partial charge in [-0.3, -0.25) is 4.79 Å². The number of furan rings is 1. The van der Waals surface area contributed by atoms with Gasteiger partial charge in [-0.25, -0.2) is 0 Å². The van der Waals surface area contributed by atoms with E-state index in [0.717, 1.165) is 12.8 Å². The van der Waals surface area contributed by atoms with Crippen molar-refractivity contribution in [2.75, 3.05) is 5.88 Å². The Balaban J connectivity index is 2.26. The summed E-state index contributed by atoms with van der Waals surface area (Å²) in [6.45, 7) is 0. The van der Waals surface area contributed by atoms with E-state index in [2.05, 4.69) is 0 Å². The largest absolute Gasteiger partial charge is 0.465 e. The van der Waals surface area contributed by atoms with Crippen LogP contribution in [0.2, 0.25) is 0 Å². The quantitative estimate of drug-likeness (QED) is 0.412. The zero-order chi connectivity index (χ0) is 10.2. The third kappa shape index (κ3) is 4.28. The maximum Gasteiger partial charge on any atom is 0.155 e. The number of rotatable bonds is 6. The lowest BCUT2D eigenvalue weighted by Gasteiger charge is -1.92. The molecule has 2 nitrogen and oxygen atoms in total. The van der Waals surface area contributed by atoms with Crippen LogP contribution in [0.5, 0.6) is 0 Å². The molecular weight excluding hydrogens is 200 g/mol. The second-order valence-electron chi connectivity index (χ2n) is 2.96. The Labute approximate surface area is 88.6 Å². The van der Waals surface area contributed by atoms with Gasteiger partial charge in [0.05, 0.1) is 6.26 Å². The van der Waals surface area contributed by atoms with Crippen LogP contribution in [0.3, 0.4) is 0 Å². The first kappa shape index (κ1) is 11.1. The second-order valence-corrected chi connectivity index (χ2v) is 3.34.